The van der Waals surface area contributed by atoms with Gasteiger partial charge in [0.2, 0.25) is 0 Å². The molecule has 0 unspecified atom stereocenters. The minimum atomic E-state index is -0.387. The maximum Gasteiger partial charge on any atom is 0.344 e. The van der Waals surface area contributed by atoms with Crippen LogP contribution >= 0.6 is 0 Å². The Balaban J connectivity index is 2.02. The third kappa shape index (κ3) is 3.09. The Kier molecular flexibility index (Phi) is 4.66. The number of nitrogens with zero attached hydrogens (tertiary/aromatic N) is 4. The molecule has 0 bridgehead atoms. The molecule has 0 saturated carbocycles. The second kappa shape index (κ2) is 7.26. The summed E-state index contributed by atoms with van der Waals surface area (Å²) >= 11 is 0. The summed E-state index contributed by atoms with van der Waals surface area (Å²) < 4.78 is 12.5. The van der Waals surface area contributed by atoms with Crippen LogP contribution in [0, 0.1) is 0 Å². The number of fused-ring (bicyclic) bond motifs is 1. The number of hydrogen-bond donors (Lipinski definition) is 0. The molecule has 1 saturated heterocycles. The lowest BCUT2D eigenvalue weighted by molar-refractivity contribution is 0.0527. The van der Waals surface area contributed by atoms with Crippen LogP contribution in [0.15, 0.2) is 36.5 Å². The normalized spacial score (nSPS) is 13.9. The Morgan fingerprint density at radius 1 is 1.22 bits per heavy atom. The monoisotopic (exact) mass is 366 g/mol. The van der Waals surface area contributed by atoms with Gasteiger partial charge >= 0.3 is 5.97 Å². The molecule has 1 fully saturated rings. The van der Waals surface area contributed by atoms with Gasteiger partial charge < -0.3 is 14.4 Å². The van der Waals surface area contributed by atoms with E-state index < -0.39 is 0 Å². The molecule has 7 heteroatoms. The number of ether oxygens (including phenoxy) is 2. The molecule has 0 N–H and O–H groups in total. The molecular formula is C20H22N4O3. The number of anilines is 1. The van der Waals surface area contributed by atoms with Crippen molar-refractivity contribution in [1.29, 1.82) is 0 Å². The third-order valence-corrected chi connectivity index (χ3v) is 4.74. The number of aromatic nitrogens is 3. The van der Waals surface area contributed by atoms with Crippen molar-refractivity contribution in [3.63, 3.8) is 0 Å². The topological polar surface area (TPSA) is 69.0 Å². The fourth-order valence-electron chi connectivity index (χ4n) is 3.52. The van der Waals surface area contributed by atoms with E-state index in [0.29, 0.717) is 35.1 Å². The highest BCUT2D eigenvalue weighted by Gasteiger charge is 2.28. The van der Waals surface area contributed by atoms with Gasteiger partial charge in [-0.25, -0.2) is 14.3 Å². The van der Waals surface area contributed by atoms with E-state index in [4.69, 9.17) is 14.5 Å². The number of hydrogen-bond acceptors (Lipinski definition) is 6. The van der Waals surface area contributed by atoms with Crippen molar-refractivity contribution in [3.05, 3.63) is 42.1 Å². The molecule has 3 heterocycles. The van der Waals surface area contributed by atoms with Crippen LogP contribution in [0.25, 0.3) is 16.9 Å². The lowest BCUT2D eigenvalue weighted by atomic mass is 10.1. The predicted octanol–water partition coefficient (Wildman–Crippen LogP) is 3.18. The van der Waals surface area contributed by atoms with Crippen LogP contribution in [0.1, 0.15) is 30.1 Å². The minimum Gasteiger partial charge on any atom is -0.497 e. The summed E-state index contributed by atoms with van der Waals surface area (Å²) in [6.45, 7) is 3.86. The molecule has 0 atom stereocenters. The number of methoxy groups -OCH3 is 1. The maximum absolute atomic E-state index is 13.0. The van der Waals surface area contributed by atoms with Gasteiger partial charge in [0, 0.05) is 24.7 Å². The van der Waals surface area contributed by atoms with Gasteiger partial charge in [-0.05, 0) is 31.9 Å². The Morgan fingerprint density at radius 2 is 2.04 bits per heavy atom. The van der Waals surface area contributed by atoms with Gasteiger partial charge in [0.05, 0.1) is 25.6 Å². The summed E-state index contributed by atoms with van der Waals surface area (Å²) in [5.41, 5.74) is 2.64. The summed E-state index contributed by atoms with van der Waals surface area (Å²) in [6.07, 6.45) is 3.86. The average Bonchev–Trinajstić information content (AvgIpc) is 3.38. The van der Waals surface area contributed by atoms with Gasteiger partial charge in [-0.3, -0.25) is 0 Å². The predicted molar refractivity (Wildman–Crippen MR) is 102 cm³/mol. The summed E-state index contributed by atoms with van der Waals surface area (Å²) in [6, 6.07) is 9.45. The minimum absolute atomic E-state index is 0.299. The van der Waals surface area contributed by atoms with Gasteiger partial charge in [0.25, 0.3) is 0 Å². The SMILES string of the molecule is CCOC(=O)c1c(N2CCCC2)nc2ccnn2c1-c1cccc(OC)c1. The van der Waals surface area contributed by atoms with Gasteiger partial charge in [-0.15, -0.1) is 0 Å². The first-order valence-electron chi connectivity index (χ1n) is 9.17. The van der Waals surface area contributed by atoms with E-state index in [1.54, 1.807) is 24.7 Å². The zero-order chi connectivity index (χ0) is 18.8. The summed E-state index contributed by atoms with van der Waals surface area (Å²) in [5, 5.41) is 4.41. The fourth-order valence-corrected chi connectivity index (χ4v) is 3.52. The number of benzene rings is 1. The van der Waals surface area contributed by atoms with E-state index in [-0.39, 0.29) is 5.97 Å². The highest BCUT2D eigenvalue weighted by atomic mass is 16.5. The second-order valence-electron chi connectivity index (χ2n) is 6.41. The van der Waals surface area contributed by atoms with Crippen molar-refractivity contribution in [1.82, 2.24) is 14.6 Å². The number of carbonyl (C=O) groups excluding carboxylic acids is 1. The Hall–Kier alpha value is -3.09. The van der Waals surface area contributed by atoms with E-state index in [1.165, 1.54) is 0 Å². The second-order valence-corrected chi connectivity index (χ2v) is 6.41. The average molecular weight is 366 g/mol. The highest BCUT2D eigenvalue weighted by molar-refractivity contribution is 6.02. The first kappa shape index (κ1) is 17.3. The highest BCUT2D eigenvalue weighted by Crippen LogP contribution is 2.34. The fraction of sp³-hybridized carbons (Fsp3) is 0.350. The van der Waals surface area contributed by atoms with Crippen LogP contribution in [-0.4, -0.2) is 47.4 Å². The molecule has 1 aromatic carbocycles. The molecule has 0 radical (unpaired) electrons. The molecule has 0 spiro atoms. The Labute approximate surface area is 157 Å². The molecule has 4 rings (SSSR count). The largest absolute Gasteiger partial charge is 0.497 e. The third-order valence-electron chi connectivity index (χ3n) is 4.74. The van der Waals surface area contributed by atoms with Crippen molar-refractivity contribution in [2.75, 3.05) is 31.7 Å². The molecule has 0 amide bonds. The molecule has 7 nitrogen and oxygen atoms in total. The zero-order valence-electron chi connectivity index (χ0n) is 15.5. The molecular weight excluding hydrogens is 344 g/mol. The van der Waals surface area contributed by atoms with Crippen LogP contribution in [0.3, 0.4) is 0 Å². The van der Waals surface area contributed by atoms with Gasteiger partial charge in [0.1, 0.15) is 17.1 Å². The van der Waals surface area contributed by atoms with Crippen molar-refractivity contribution in [3.8, 4) is 17.0 Å². The standard InChI is InChI=1S/C20H22N4O3/c1-3-27-20(25)17-18(14-7-6-8-15(13-14)26-2)24-16(9-10-21-24)22-19(17)23-11-4-5-12-23/h6-10,13H,3-5,11-12H2,1-2H3. The summed E-state index contributed by atoms with van der Waals surface area (Å²) in [5.74, 6) is 0.987. The number of esters is 1. The van der Waals surface area contributed by atoms with Gasteiger partial charge in [-0.1, -0.05) is 12.1 Å². The smallest absolute Gasteiger partial charge is 0.344 e. The van der Waals surface area contributed by atoms with Crippen LogP contribution in [0.2, 0.25) is 0 Å². The van der Waals surface area contributed by atoms with Crippen molar-refractivity contribution in [2.45, 2.75) is 19.8 Å². The van der Waals surface area contributed by atoms with E-state index >= 15 is 0 Å². The maximum atomic E-state index is 13.0. The van der Waals surface area contributed by atoms with Crippen LogP contribution in [-0.2, 0) is 4.74 Å². The summed E-state index contributed by atoms with van der Waals surface area (Å²) in [4.78, 5) is 19.9. The Bertz CT molecular complexity index is 977. The zero-order valence-corrected chi connectivity index (χ0v) is 15.5. The molecule has 1 aliphatic heterocycles. The van der Waals surface area contributed by atoms with E-state index in [2.05, 4.69) is 10.00 Å². The lowest BCUT2D eigenvalue weighted by Gasteiger charge is -2.22. The molecule has 2 aromatic heterocycles. The van der Waals surface area contributed by atoms with E-state index in [9.17, 15) is 4.79 Å². The quantitative estimate of drug-likeness (QED) is 0.646. The molecule has 3 aromatic rings. The van der Waals surface area contributed by atoms with Crippen LogP contribution < -0.4 is 9.64 Å². The van der Waals surface area contributed by atoms with Crippen molar-refractivity contribution in [2.24, 2.45) is 0 Å². The van der Waals surface area contributed by atoms with Crippen LogP contribution in [0.4, 0.5) is 5.82 Å². The molecule has 27 heavy (non-hydrogen) atoms. The van der Waals surface area contributed by atoms with Gasteiger partial charge in [-0.2, -0.15) is 5.10 Å². The number of rotatable bonds is 5. The molecule has 1 aliphatic rings. The summed E-state index contributed by atoms with van der Waals surface area (Å²) in [7, 11) is 1.62. The Morgan fingerprint density at radius 3 is 2.78 bits per heavy atom. The lowest BCUT2D eigenvalue weighted by Crippen LogP contribution is -2.24. The van der Waals surface area contributed by atoms with Gasteiger partial charge in [0.15, 0.2) is 5.65 Å². The van der Waals surface area contributed by atoms with Crippen molar-refractivity contribution < 1.29 is 14.3 Å². The first-order valence-corrected chi connectivity index (χ1v) is 9.17. The van der Waals surface area contributed by atoms with Crippen molar-refractivity contribution >= 4 is 17.4 Å². The van der Waals surface area contributed by atoms with E-state index in [1.807, 2.05) is 30.3 Å². The molecule has 140 valence electrons. The van der Waals surface area contributed by atoms with E-state index in [0.717, 1.165) is 31.5 Å². The van der Waals surface area contributed by atoms with Crippen LogP contribution in [0.5, 0.6) is 5.75 Å². The molecule has 0 aliphatic carbocycles. The first-order chi connectivity index (χ1) is 13.2. The number of carbonyl (C=O) groups is 1.